The van der Waals surface area contributed by atoms with Crippen LogP contribution in [-0.4, -0.2) is 35.2 Å². The van der Waals surface area contributed by atoms with E-state index in [9.17, 15) is 0 Å². The van der Waals surface area contributed by atoms with Gasteiger partial charge in [0.2, 0.25) is 5.82 Å². The molecule has 0 saturated heterocycles. The van der Waals surface area contributed by atoms with E-state index in [1.165, 1.54) is 5.56 Å². The number of fused-ring (bicyclic) bond motifs is 1. The van der Waals surface area contributed by atoms with E-state index >= 15 is 0 Å². The third-order valence-electron chi connectivity index (χ3n) is 5.84. The van der Waals surface area contributed by atoms with Crippen molar-refractivity contribution in [1.29, 1.82) is 0 Å². The number of imidazole rings is 1. The van der Waals surface area contributed by atoms with Crippen LogP contribution in [-0.2, 0) is 13.0 Å². The zero-order valence-electron chi connectivity index (χ0n) is 18.9. The summed E-state index contributed by atoms with van der Waals surface area (Å²) in [6.45, 7) is 7.11. The Balaban J connectivity index is 1.50. The maximum atomic E-state index is 6.09. The molecule has 5 aromatic rings. The normalized spacial score (nSPS) is 11.5. The summed E-state index contributed by atoms with van der Waals surface area (Å²) in [5.74, 6) is 2.11. The third kappa shape index (κ3) is 3.95. The summed E-state index contributed by atoms with van der Waals surface area (Å²) in [4.78, 5) is 9.54. The standard InChI is InChI=1S/C25H26N8/c1-15(2)12-22-28-23-16(3)21(26)13-27-25(23)33(22)14-17-8-10-18(11-9-17)19-6-4-5-7-20(19)24-29-31-32-30-24/h4-11,13,15H,12,14,26H2,1-3H3,(H,29,30,31,32). The van der Waals surface area contributed by atoms with Gasteiger partial charge in [0.05, 0.1) is 18.4 Å². The van der Waals surface area contributed by atoms with Crippen molar-refractivity contribution in [3.8, 4) is 22.5 Å². The Morgan fingerprint density at radius 3 is 2.48 bits per heavy atom. The van der Waals surface area contributed by atoms with E-state index in [2.05, 4.69) is 74.4 Å². The van der Waals surface area contributed by atoms with Crippen molar-refractivity contribution in [2.24, 2.45) is 5.92 Å². The lowest BCUT2D eigenvalue weighted by atomic mass is 9.98. The van der Waals surface area contributed by atoms with Crippen molar-refractivity contribution < 1.29 is 0 Å². The molecule has 0 atom stereocenters. The molecule has 8 nitrogen and oxygen atoms in total. The molecule has 5 rings (SSSR count). The van der Waals surface area contributed by atoms with Crippen LogP contribution in [0.5, 0.6) is 0 Å². The number of hydrogen-bond donors (Lipinski definition) is 2. The molecule has 3 heterocycles. The van der Waals surface area contributed by atoms with Gasteiger partial charge in [0.15, 0.2) is 5.65 Å². The number of tetrazole rings is 1. The zero-order chi connectivity index (χ0) is 22.9. The van der Waals surface area contributed by atoms with E-state index in [1.807, 2.05) is 25.1 Å². The number of pyridine rings is 1. The summed E-state index contributed by atoms with van der Waals surface area (Å²) in [5.41, 5.74) is 13.8. The van der Waals surface area contributed by atoms with Crippen LogP contribution in [0.3, 0.4) is 0 Å². The van der Waals surface area contributed by atoms with Crippen LogP contribution in [0.1, 0.15) is 30.8 Å². The highest BCUT2D eigenvalue weighted by atomic mass is 15.5. The zero-order valence-corrected chi connectivity index (χ0v) is 18.9. The number of rotatable bonds is 6. The molecule has 0 saturated carbocycles. The van der Waals surface area contributed by atoms with Gasteiger partial charge in [-0.3, -0.25) is 0 Å². The number of aromatic nitrogens is 7. The molecule has 0 fully saturated rings. The van der Waals surface area contributed by atoms with Crippen LogP contribution in [0.4, 0.5) is 5.69 Å². The Hall–Kier alpha value is -4.07. The number of nitrogen functional groups attached to an aromatic ring is 1. The second-order valence-electron chi connectivity index (χ2n) is 8.70. The molecule has 0 spiro atoms. The van der Waals surface area contributed by atoms with Crippen molar-refractivity contribution >= 4 is 16.9 Å². The fraction of sp³-hybridized carbons (Fsp3) is 0.240. The molecule has 0 aliphatic heterocycles. The highest BCUT2D eigenvalue weighted by molar-refractivity contribution is 5.81. The summed E-state index contributed by atoms with van der Waals surface area (Å²) in [7, 11) is 0. The van der Waals surface area contributed by atoms with Crippen LogP contribution in [0.15, 0.2) is 54.7 Å². The molecule has 0 bridgehead atoms. The minimum atomic E-state index is 0.488. The summed E-state index contributed by atoms with van der Waals surface area (Å²) in [5, 5.41) is 14.5. The maximum Gasteiger partial charge on any atom is 0.205 e. The minimum absolute atomic E-state index is 0.488. The first-order valence-corrected chi connectivity index (χ1v) is 11.0. The van der Waals surface area contributed by atoms with Crippen molar-refractivity contribution in [2.75, 3.05) is 5.73 Å². The van der Waals surface area contributed by atoms with Crippen LogP contribution >= 0.6 is 0 Å². The number of nitrogens with two attached hydrogens (primary N) is 1. The second kappa shape index (κ2) is 8.46. The first-order valence-electron chi connectivity index (χ1n) is 11.0. The molecule has 3 N–H and O–H groups in total. The van der Waals surface area contributed by atoms with E-state index in [-0.39, 0.29) is 0 Å². The molecule has 0 unspecified atom stereocenters. The topological polar surface area (TPSA) is 111 Å². The maximum absolute atomic E-state index is 6.09. The molecule has 33 heavy (non-hydrogen) atoms. The van der Waals surface area contributed by atoms with Crippen molar-refractivity contribution in [1.82, 2.24) is 35.2 Å². The second-order valence-corrected chi connectivity index (χ2v) is 8.70. The lowest BCUT2D eigenvalue weighted by molar-refractivity contribution is 0.594. The van der Waals surface area contributed by atoms with Crippen molar-refractivity contribution in [2.45, 2.75) is 33.7 Å². The van der Waals surface area contributed by atoms with Crippen LogP contribution < -0.4 is 5.73 Å². The molecule has 166 valence electrons. The highest BCUT2D eigenvalue weighted by Crippen LogP contribution is 2.30. The molecule has 2 aromatic carbocycles. The summed E-state index contributed by atoms with van der Waals surface area (Å²) < 4.78 is 2.21. The largest absolute Gasteiger partial charge is 0.397 e. The Kier molecular flexibility index (Phi) is 5.34. The van der Waals surface area contributed by atoms with Crippen LogP contribution in [0, 0.1) is 12.8 Å². The summed E-state index contributed by atoms with van der Waals surface area (Å²) in [6, 6.07) is 16.6. The number of nitrogens with zero attached hydrogens (tertiary/aromatic N) is 6. The van der Waals surface area contributed by atoms with E-state index in [0.717, 1.165) is 45.7 Å². The van der Waals surface area contributed by atoms with Crippen LogP contribution in [0.2, 0.25) is 0 Å². The molecule has 8 heteroatoms. The van der Waals surface area contributed by atoms with Gasteiger partial charge >= 0.3 is 0 Å². The Bertz CT molecular complexity index is 1400. The predicted molar refractivity (Wildman–Crippen MR) is 129 cm³/mol. The van der Waals surface area contributed by atoms with Gasteiger partial charge in [-0.2, -0.15) is 5.21 Å². The van der Waals surface area contributed by atoms with Crippen LogP contribution in [0.25, 0.3) is 33.7 Å². The summed E-state index contributed by atoms with van der Waals surface area (Å²) >= 11 is 0. The third-order valence-corrected chi connectivity index (χ3v) is 5.84. The Labute approximate surface area is 191 Å². The molecular formula is C25H26N8. The SMILES string of the molecule is Cc1c(N)cnc2c1nc(CC(C)C)n2Cc1ccc(-c2ccccc2-c2nn[nH]n2)cc1. The van der Waals surface area contributed by atoms with Gasteiger partial charge in [-0.05, 0) is 34.7 Å². The van der Waals surface area contributed by atoms with Crippen molar-refractivity contribution in [3.63, 3.8) is 0 Å². The molecule has 0 aliphatic carbocycles. The number of H-pyrrole nitrogens is 1. The number of anilines is 1. The van der Waals surface area contributed by atoms with Gasteiger partial charge in [0.25, 0.3) is 0 Å². The quantitative estimate of drug-likeness (QED) is 0.406. The number of hydrogen-bond acceptors (Lipinski definition) is 6. The van der Waals surface area contributed by atoms with E-state index in [0.29, 0.717) is 24.0 Å². The smallest absolute Gasteiger partial charge is 0.205 e. The molecule has 0 radical (unpaired) electrons. The van der Waals surface area contributed by atoms with Gasteiger partial charge in [-0.25, -0.2) is 9.97 Å². The molecular weight excluding hydrogens is 412 g/mol. The van der Waals surface area contributed by atoms with Gasteiger partial charge in [-0.15, -0.1) is 10.2 Å². The predicted octanol–water partition coefficient (Wildman–Crippen LogP) is 4.42. The van der Waals surface area contributed by atoms with Gasteiger partial charge < -0.3 is 10.3 Å². The average Bonchev–Trinajstić information content (AvgIpc) is 3.46. The van der Waals surface area contributed by atoms with Gasteiger partial charge in [-0.1, -0.05) is 62.4 Å². The molecule has 0 aliphatic rings. The number of aromatic amines is 1. The number of aryl methyl sites for hydroxylation is 1. The van der Waals surface area contributed by atoms with Gasteiger partial charge in [0, 0.05) is 17.5 Å². The van der Waals surface area contributed by atoms with E-state index < -0.39 is 0 Å². The Morgan fingerprint density at radius 1 is 1.03 bits per heavy atom. The van der Waals surface area contributed by atoms with E-state index in [1.54, 1.807) is 6.20 Å². The first-order chi connectivity index (χ1) is 16.0. The number of nitrogens with one attached hydrogen (secondary N) is 1. The lowest BCUT2D eigenvalue weighted by Gasteiger charge is -2.12. The monoisotopic (exact) mass is 438 g/mol. The fourth-order valence-corrected chi connectivity index (χ4v) is 4.10. The highest BCUT2D eigenvalue weighted by Gasteiger charge is 2.17. The first kappa shape index (κ1) is 20.8. The fourth-order valence-electron chi connectivity index (χ4n) is 4.10. The lowest BCUT2D eigenvalue weighted by Crippen LogP contribution is -2.08. The minimum Gasteiger partial charge on any atom is -0.397 e. The van der Waals surface area contributed by atoms with Crippen molar-refractivity contribution in [3.05, 3.63) is 71.7 Å². The average molecular weight is 439 g/mol. The summed E-state index contributed by atoms with van der Waals surface area (Å²) in [6.07, 6.45) is 2.61. The molecule has 0 amide bonds. The van der Waals surface area contributed by atoms with Gasteiger partial charge in [0.1, 0.15) is 11.3 Å². The number of benzene rings is 2. The molecule has 3 aromatic heterocycles. The van der Waals surface area contributed by atoms with E-state index in [4.69, 9.17) is 10.7 Å². The Morgan fingerprint density at radius 2 is 1.79 bits per heavy atom.